The van der Waals surface area contributed by atoms with Crippen molar-refractivity contribution < 1.29 is 13.2 Å². The highest BCUT2D eigenvalue weighted by Crippen LogP contribution is 2.28. The Kier molecular flexibility index (Phi) is 3.68. The number of hydrogen-bond acceptors (Lipinski definition) is 2. The third-order valence-electron chi connectivity index (χ3n) is 2.07. The van der Waals surface area contributed by atoms with Crippen LogP contribution >= 0.6 is 0 Å². The number of nitrogens with zero attached hydrogens (tertiary/aromatic N) is 1. The molecule has 0 aromatic carbocycles. The number of aromatic nitrogens is 1. The number of alkyl halides is 3. The lowest BCUT2D eigenvalue weighted by Crippen LogP contribution is -2.19. The van der Waals surface area contributed by atoms with Crippen LogP contribution in [-0.4, -0.2) is 11.5 Å². The minimum Gasteiger partial charge on any atom is -0.309 e. The molecule has 1 aromatic rings. The molecule has 0 bridgehead atoms. The number of rotatable bonds is 3. The number of pyridine rings is 1. The van der Waals surface area contributed by atoms with Crippen molar-refractivity contribution in [3.8, 4) is 0 Å². The van der Waals surface area contributed by atoms with Gasteiger partial charge in [-0.25, -0.2) is 0 Å². The average molecular weight is 218 g/mol. The molecule has 0 aliphatic carbocycles. The van der Waals surface area contributed by atoms with Gasteiger partial charge < -0.3 is 5.32 Å². The maximum Gasteiger partial charge on any atom is 0.417 e. The molecule has 0 saturated heterocycles. The third-order valence-corrected chi connectivity index (χ3v) is 2.07. The summed E-state index contributed by atoms with van der Waals surface area (Å²) in [6.07, 6.45) is -3.45. The van der Waals surface area contributed by atoms with Crippen LogP contribution in [-0.2, 0) is 6.18 Å². The number of hydrogen-bond donors (Lipinski definition) is 1. The number of halogens is 3. The lowest BCUT2D eigenvalue weighted by atomic mass is 10.2. The van der Waals surface area contributed by atoms with Gasteiger partial charge in [-0.2, -0.15) is 13.2 Å². The Morgan fingerprint density at radius 3 is 2.47 bits per heavy atom. The fourth-order valence-electron chi connectivity index (χ4n) is 1.24. The second-order valence-electron chi connectivity index (χ2n) is 3.25. The van der Waals surface area contributed by atoms with Crippen LogP contribution in [0.1, 0.15) is 31.1 Å². The first-order chi connectivity index (χ1) is 6.95. The number of nitrogens with one attached hydrogen (secondary N) is 1. The van der Waals surface area contributed by atoms with E-state index in [2.05, 4.69) is 10.3 Å². The van der Waals surface area contributed by atoms with E-state index in [1.165, 1.54) is 6.07 Å². The van der Waals surface area contributed by atoms with E-state index >= 15 is 0 Å². The molecule has 15 heavy (non-hydrogen) atoms. The molecule has 1 rings (SSSR count). The molecule has 0 spiro atoms. The molecule has 1 aromatic heterocycles. The molecule has 0 saturated carbocycles. The highest BCUT2D eigenvalue weighted by molar-refractivity contribution is 5.18. The molecule has 1 N–H and O–H groups in total. The molecule has 84 valence electrons. The maximum atomic E-state index is 12.2. The molecule has 2 nitrogen and oxygen atoms in total. The van der Waals surface area contributed by atoms with Gasteiger partial charge in [-0.15, -0.1) is 0 Å². The van der Waals surface area contributed by atoms with Crippen molar-refractivity contribution in [2.24, 2.45) is 0 Å². The fraction of sp³-hybridized carbons (Fsp3) is 0.500. The topological polar surface area (TPSA) is 24.9 Å². The predicted molar refractivity (Wildman–Crippen MR) is 51.3 cm³/mol. The highest BCUT2D eigenvalue weighted by Gasteiger charge is 2.30. The Morgan fingerprint density at radius 2 is 2.07 bits per heavy atom. The van der Waals surface area contributed by atoms with E-state index in [9.17, 15) is 13.2 Å². The van der Waals surface area contributed by atoms with Crippen molar-refractivity contribution in [3.05, 3.63) is 29.6 Å². The smallest absolute Gasteiger partial charge is 0.309 e. The molecule has 1 heterocycles. The lowest BCUT2D eigenvalue weighted by molar-refractivity contribution is -0.137. The Hall–Kier alpha value is -1.10. The van der Waals surface area contributed by atoms with Crippen molar-refractivity contribution in [2.45, 2.75) is 26.1 Å². The monoisotopic (exact) mass is 218 g/mol. The third kappa shape index (κ3) is 3.20. The van der Waals surface area contributed by atoms with E-state index in [1.807, 2.05) is 13.8 Å². The van der Waals surface area contributed by atoms with E-state index in [0.717, 1.165) is 18.8 Å². The van der Waals surface area contributed by atoms with E-state index < -0.39 is 11.7 Å². The van der Waals surface area contributed by atoms with Gasteiger partial charge in [0.25, 0.3) is 0 Å². The summed E-state index contributed by atoms with van der Waals surface area (Å²) >= 11 is 0. The molecule has 0 radical (unpaired) electrons. The Balaban J connectivity index is 2.81. The summed E-state index contributed by atoms with van der Waals surface area (Å²) in [6.45, 7) is 4.55. The lowest BCUT2D eigenvalue weighted by Gasteiger charge is -2.12. The molecule has 0 amide bonds. The van der Waals surface area contributed by atoms with Crippen LogP contribution in [0.5, 0.6) is 0 Å². The fourth-order valence-corrected chi connectivity index (χ4v) is 1.24. The first kappa shape index (κ1) is 12.0. The van der Waals surface area contributed by atoms with E-state index in [4.69, 9.17) is 0 Å². The molecule has 1 atom stereocenters. The van der Waals surface area contributed by atoms with Crippen molar-refractivity contribution in [3.63, 3.8) is 0 Å². The molecule has 0 aliphatic heterocycles. The van der Waals surface area contributed by atoms with Crippen LogP contribution in [0.2, 0.25) is 0 Å². The molecule has 5 heteroatoms. The summed E-state index contributed by atoms with van der Waals surface area (Å²) in [7, 11) is 0. The Morgan fingerprint density at radius 1 is 1.40 bits per heavy atom. The summed E-state index contributed by atoms with van der Waals surface area (Å²) in [5.41, 5.74) is -0.0974. The van der Waals surface area contributed by atoms with Crippen LogP contribution in [0.25, 0.3) is 0 Å². The maximum absolute atomic E-state index is 12.2. The highest BCUT2D eigenvalue weighted by atomic mass is 19.4. The summed E-state index contributed by atoms with van der Waals surface area (Å²) in [5, 5.41) is 3.08. The first-order valence-corrected chi connectivity index (χ1v) is 4.71. The second-order valence-corrected chi connectivity index (χ2v) is 3.25. The van der Waals surface area contributed by atoms with Gasteiger partial charge in [-0.05, 0) is 25.6 Å². The van der Waals surface area contributed by atoms with Crippen LogP contribution in [0.3, 0.4) is 0 Å². The zero-order valence-electron chi connectivity index (χ0n) is 8.60. The summed E-state index contributed by atoms with van der Waals surface area (Å²) in [4.78, 5) is 3.78. The Labute approximate surface area is 86.5 Å². The van der Waals surface area contributed by atoms with Crippen LogP contribution in [0.15, 0.2) is 18.3 Å². The summed E-state index contributed by atoms with van der Waals surface area (Å²) < 4.78 is 36.6. The van der Waals surface area contributed by atoms with Gasteiger partial charge >= 0.3 is 6.18 Å². The van der Waals surface area contributed by atoms with Crippen molar-refractivity contribution >= 4 is 0 Å². The van der Waals surface area contributed by atoms with Crippen LogP contribution in [0, 0.1) is 0 Å². The van der Waals surface area contributed by atoms with Gasteiger partial charge in [0.15, 0.2) is 0 Å². The SMILES string of the molecule is CCNC(C)c1ccc(C(F)(F)F)cn1. The molecule has 0 fully saturated rings. The molecule has 1 unspecified atom stereocenters. The Bertz CT molecular complexity index is 305. The van der Waals surface area contributed by atoms with Gasteiger partial charge in [-0.3, -0.25) is 4.98 Å². The summed E-state index contributed by atoms with van der Waals surface area (Å²) in [5.74, 6) is 0. The summed E-state index contributed by atoms with van der Waals surface area (Å²) in [6, 6.07) is 2.42. The largest absolute Gasteiger partial charge is 0.417 e. The average Bonchev–Trinajstić information content (AvgIpc) is 2.17. The second kappa shape index (κ2) is 4.61. The van der Waals surface area contributed by atoms with Gasteiger partial charge in [-0.1, -0.05) is 6.92 Å². The van der Waals surface area contributed by atoms with Gasteiger partial charge in [0.2, 0.25) is 0 Å². The quantitative estimate of drug-likeness (QED) is 0.843. The minimum atomic E-state index is -4.31. The normalized spacial score (nSPS) is 13.9. The van der Waals surface area contributed by atoms with Gasteiger partial charge in [0, 0.05) is 12.2 Å². The van der Waals surface area contributed by atoms with Crippen molar-refractivity contribution in [1.82, 2.24) is 10.3 Å². The van der Waals surface area contributed by atoms with Gasteiger partial charge in [0.05, 0.1) is 11.3 Å². The molecule has 0 aliphatic rings. The minimum absolute atomic E-state index is 0.0303. The van der Waals surface area contributed by atoms with Crippen LogP contribution in [0.4, 0.5) is 13.2 Å². The molecular formula is C10H13F3N2. The van der Waals surface area contributed by atoms with Crippen molar-refractivity contribution in [2.75, 3.05) is 6.54 Å². The zero-order valence-corrected chi connectivity index (χ0v) is 8.60. The van der Waals surface area contributed by atoms with Gasteiger partial charge in [0.1, 0.15) is 0 Å². The van der Waals surface area contributed by atoms with E-state index in [0.29, 0.717) is 5.69 Å². The van der Waals surface area contributed by atoms with Crippen LogP contribution < -0.4 is 5.32 Å². The standard InChI is InChI=1S/C10H13F3N2/c1-3-14-7(2)9-5-4-8(6-15-9)10(11,12)13/h4-7,14H,3H2,1-2H3. The first-order valence-electron chi connectivity index (χ1n) is 4.71. The van der Waals surface area contributed by atoms with Crippen molar-refractivity contribution in [1.29, 1.82) is 0 Å². The zero-order chi connectivity index (χ0) is 11.5. The molecular weight excluding hydrogens is 205 g/mol. The predicted octanol–water partition coefficient (Wildman–Crippen LogP) is 2.77. The van der Waals surface area contributed by atoms with E-state index in [-0.39, 0.29) is 6.04 Å². The van der Waals surface area contributed by atoms with E-state index in [1.54, 1.807) is 0 Å².